The van der Waals surface area contributed by atoms with Gasteiger partial charge in [-0.1, -0.05) is 109 Å². The number of rotatable bonds is 23. The summed E-state index contributed by atoms with van der Waals surface area (Å²) in [5.41, 5.74) is -0.192. The molecule has 258 valence electrons. The number of carbonyl (C=O) groups excluding carboxylic acids is 2. The van der Waals surface area contributed by atoms with E-state index in [0.29, 0.717) is 5.92 Å². The zero-order chi connectivity index (χ0) is 36.1. The van der Waals surface area contributed by atoms with E-state index in [2.05, 4.69) is 53.3 Å². The Morgan fingerprint density at radius 2 is 1.28 bits per heavy atom. The molecule has 0 bridgehead atoms. The lowest BCUT2D eigenvalue weighted by Crippen LogP contribution is -2.23. The fraction of sp³-hybridized carbons (Fsp3) is 0.368. The lowest BCUT2D eigenvalue weighted by molar-refractivity contribution is -0.143. The highest BCUT2D eigenvalue weighted by molar-refractivity contribution is 5.88. The fourth-order valence-electron chi connectivity index (χ4n) is 3.90. The Hall–Kier alpha value is -4.21. The Morgan fingerprint density at radius 1 is 0.745 bits per heavy atom. The van der Waals surface area contributed by atoms with Gasteiger partial charge in [0.2, 0.25) is 0 Å². The van der Waals surface area contributed by atoms with Gasteiger partial charge in [0.15, 0.2) is 0 Å². The molecule has 0 heterocycles. The van der Waals surface area contributed by atoms with Crippen molar-refractivity contribution >= 4 is 11.9 Å². The van der Waals surface area contributed by atoms with E-state index in [1.807, 2.05) is 6.92 Å². The van der Waals surface area contributed by atoms with Crippen molar-refractivity contribution in [2.45, 2.75) is 46.5 Å². The second-order valence-corrected chi connectivity index (χ2v) is 11.2. The number of aliphatic hydroxyl groups excluding tert-OH is 2. The second-order valence-electron chi connectivity index (χ2n) is 11.2. The Bertz CT molecular complexity index is 1300. The van der Waals surface area contributed by atoms with Crippen LogP contribution in [-0.2, 0) is 19.1 Å². The second kappa shape index (κ2) is 23.2. The summed E-state index contributed by atoms with van der Waals surface area (Å²) in [6, 6.07) is 0. The molecule has 0 aromatic heterocycles. The summed E-state index contributed by atoms with van der Waals surface area (Å²) < 4.78 is 52.9. The van der Waals surface area contributed by atoms with Crippen LogP contribution in [0.2, 0.25) is 0 Å². The maximum atomic E-state index is 15.2. The number of aliphatic hydroxyl groups is 2. The topological polar surface area (TPSA) is 93.1 Å². The van der Waals surface area contributed by atoms with Gasteiger partial charge in [-0.15, -0.1) is 0 Å². The van der Waals surface area contributed by atoms with Gasteiger partial charge in [-0.05, 0) is 41.1 Å². The van der Waals surface area contributed by atoms with Crippen molar-refractivity contribution in [3.05, 3.63) is 133 Å². The molecule has 0 aliphatic carbocycles. The summed E-state index contributed by atoms with van der Waals surface area (Å²) in [5.74, 6) is -2.95. The monoisotopic (exact) mass is 658 g/mol. The third-order valence-corrected chi connectivity index (χ3v) is 7.30. The van der Waals surface area contributed by atoms with E-state index in [0.717, 1.165) is 37.3 Å². The summed E-state index contributed by atoms with van der Waals surface area (Å²) in [7, 11) is 0. The van der Waals surface area contributed by atoms with Crippen LogP contribution in [0.15, 0.2) is 133 Å². The van der Waals surface area contributed by atoms with Crippen LogP contribution in [0, 0.1) is 17.8 Å². The average molecular weight is 659 g/mol. The van der Waals surface area contributed by atoms with Gasteiger partial charge in [0.25, 0.3) is 0 Å². The van der Waals surface area contributed by atoms with Gasteiger partial charge in [-0.3, -0.25) is 0 Å². The van der Waals surface area contributed by atoms with Crippen molar-refractivity contribution in [2.75, 3.05) is 26.4 Å². The Kier molecular flexibility index (Phi) is 21.1. The molecule has 47 heavy (non-hydrogen) atoms. The SMILES string of the molecule is C=C(CO)C(=O)OCC(COC(=O)C(=C)CO)C(=C)/C=C\C(=C)C(=C\F)/C(F)=C\C(=C)C(/C=C\C(=C)C(C)CCC(C)CCC)=C\F. The molecule has 0 radical (unpaired) electrons. The van der Waals surface area contributed by atoms with Crippen molar-refractivity contribution in [1.29, 1.82) is 0 Å². The third-order valence-electron chi connectivity index (χ3n) is 7.30. The number of hydrogen-bond acceptors (Lipinski definition) is 6. The first-order valence-corrected chi connectivity index (χ1v) is 15.2. The van der Waals surface area contributed by atoms with Crippen molar-refractivity contribution in [1.82, 2.24) is 0 Å². The molecule has 0 fully saturated rings. The first-order valence-electron chi connectivity index (χ1n) is 15.2. The molecule has 0 spiro atoms. The van der Waals surface area contributed by atoms with E-state index >= 15 is 4.39 Å². The zero-order valence-corrected chi connectivity index (χ0v) is 27.8. The van der Waals surface area contributed by atoms with E-state index in [1.54, 1.807) is 6.08 Å². The largest absolute Gasteiger partial charge is 0.461 e. The molecule has 0 aliphatic rings. The molecule has 9 heteroatoms. The number of hydrogen-bond donors (Lipinski definition) is 2. The van der Waals surface area contributed by atoms with E-state index in [-0.39, 0.29) is 65.2 Å². The van der Waals surface area contributed by atoms with Gasteiger partial charge < -0.3 is 19.7 Å². The summed E-state index contributed by atoms with van der Waals surface area (Å²) in [4.78, 5) is 23.9. The highest BCUT2D eigenvalue weighted by atomic mass is 19.1. The minimum Gasteiger partial charge on any atom is -0.461 e. The van der Waals surface area contributed by atoms with Gasteiger partial charge in [-0.25, -0.2) is 22.8 Å². The molecular weight excluding hydrogens is 609 g/mol. The zero-order valence-electron chi connectivity index (χ0n) is 27.8. The van der Waals surface area contributed by atoms with E-state index in [1.165, 1.54) is 18.2 Å². The average Bonchev–Trinajstić information content (AvgIpc) is 3.05. The summed E-state index contributed by atoms with van der Waals surface area (Å²) in [6.45, 7) is 26.4. The van der Waals surface area contributed by atoms with Gasteiger partial charge in [0.1, 0.15) is 19.0 Å². The standard InChI is InChI=1S/C38H49F3O6/c1-10-11-25(2)12-13-26(3)27(4)16-17-33(19-39)30(7)18-36(41)35(20-40)29(6)15-14-28(5)34(23-46-37(44)31(8)21-42)24-47-38(45)32(9)22-43/h14-20,25-26,34,42-43H,4-13,21-24H2,1-3H3/b15-14-,17-16-,33-19-,35-20+,36-18+. The van der Waals surface area contributed by atoms with Crippen LogP contribution >= 0.6 is 0 Å². The molecule has 0 aromatic carbocycles. The molecule has 0 aliphatic heterocycles. The molecule has 2 unspecified atom stereocenters. The van der Waals surface area contributed by atoms with E-state index in [9.17, 15) is 18.4 Å². The normalized spacial score (nSPS) is 13.9. The Morgan fingerprint density at radius 3 is 1.74 bits per heavy atom. The summed E-state index contributed by atoms with van der Waals surface area (Å²) in [6.07, 6.45) is 11.0. The highest BCUT2D eigenvalue weighted by Gasteiger charge is 2.19. The molecule has 6 nitrogen and oxygen atoms in total. The predicted molar refractivity (Wildman–Crippen MR) is 183 cm³/mol. The fourth-order valence-corrected chi connectivity index (χ4v) is 3.90. The maximum absolute atomic E-state index is 15.2. The first kappa shape index (κ1) is 42.8. The molecule has 2 atom stereocenters. The van der Waals surface area contributed by atoms with Crippen LogP contribution in [0.4, 0.5) is 13.2 Å². The maximum Gasteiger partial charge on any atom is 0.335 e. The van der Waals surface area contributed by atoms with Gasteiger partial charge in [-0.2, -0.15) is 0 Å². The lowest BCUT2D eigenvalue weighted by Gasteiger charge is -2.18. The van der Waals surface area contributed by atoms with Gasteiger partial charge >= 0.3 is 11.9 Å². The summed E-state index contributed by atoms with van der Waals surface area (Å²) >= 11 is 0. The van der Waals surface area contributed by atoms with Crippen molar-refractivity contribution in [3.8, 4) is 0 Å². The number of ether oxygens (including phenoxy) is 2. The number of esters is 2. The molecule has 2 N–H and O–H groups in total. The molecule has 0 amide bonds. The van der Waals surface area contributed by atoms with Crippen molar-refractivity contribution in [2.24, 2.45) is 17.8 Å². The third kappa shape index (κ3) is 16.3. The molecule has 0 saturated heterocycles. The summed E-state index contributed by atoms with van der Waals surface area (Å²) in [5, 5.41) is 18.2. The number of carbonyl (C=O) groups is 2. The van der Waals surface area contributed by atoms with Crippen LogP contribution in [0.25, 0.3) is 0 Å². The van der Waals surface area contributed by atoms with Crippen LogP contribution < -0.4 is 0 Å². The Labute approximate surface area is 277 Å². The smallest absolute Gasteiger partial charge is 0.335 e. The Balaban J connectivity index is 5.69. The molecular formula is C38H49F3O6. The van der Waals surface area contributed by atoms with Crippen LogP contribution in [0.1, 0.15) is 46.5 Å². The minimum absolute atomic E-state index is 0.00563. The molecule has 0 rings (SSSR count). The van der Waals surface area contributed by atoms with Crippen molar-refractivity contribution < 1.29 is 42.4 Å². The quantitative estimate of drug-likeness (QED) is 0.0650. The number of allylic oxidation sites excluding steroid dienone is 11. The van der Waals surface area contributed by atoms with Crippen molar-refractivity contribution in [3.63, 3.8) is 0 Å². The predicted octanol–water partition coefficient (Wildman–Crippen LogP) is 8.54. The van der Waals surface area contributed by atoms with Gasteiger partial charge in [0, 0.05) is 11.1 Å². The number of halogens is 3. The highest BCUT2D eigenvalue weighted by Crippen LogP contribution is 2.27. The van der Waals surface area contributed by atoms with Crippen LogP contribution in [0.3, 0.4) is 0 Å². The minimum atomic E-state index is -1.08. The van der Waals surface area contributed by atoms with Crippen LogP contribution in [-0.4, -0.2) is 48.6 Å². The van der Waals surface area contributed by atoms with Gasteiger partial charge in [0.05, 0.1) is 42.9 Å². The molecule has 0 aromatic rings. The van der Waals surface area contributed by atoms with E-state index < -0.39 is 42.5 Å². The first-order chi connectivity index (χ1) is 22.2. The van der Waals surface area contributed by atoms with Crippen LogP contribution in [0.5, 0.6) is 0 Å². The lowest BCUT2D eigenvalue weighted by atomic mass is 9.90. The molecule has 0 saturated carbocycles. The van der Waals surface area contributed by atoms with E-state index in [4.69, 9.17) is 19.7 Å².